The van der Waals surface area contributed by atoms with Crippen molar-refractivity contribution in [2.45, 2.75) is 12.6 Å². The molecule has 76 valence electrons. The van der Waals surface area contributed by atoms with Gasteiger partial charge >= 0.3 is 0 Å². The highest BCUT2D eigenvalue weighted by molar-refractivity contribution is 5.40. The first kappa shape index (κ1) is 9.46. The summed E-state index contributed by atoms with van der Waals surface area (Å²) in [6.45, 7) is 1.71. The van der Waals surface area contributed by atoms with E-state index in [-0.39, 0.29) is 5.92 Å². The van der Waals surface area contributed by atoms with Crippen molar-refractivity contribution >= 4 is 5.69 Å². The Morgan fingerprint density at radius 1 is 1.36 bits per heavy atom. The van der Waals surface area contributed by atoms with Crippen molar-refractivity contribution in [1.29, 1.82) is 0 Å². The van der Waals surface area contributed by atoms with E-state index >= 15 is 0 Å². The van der Waals surface area contributed by atoms with Crippen LogP contribution in [0.1, 0.15) is 18.2 Å². The summed E-state index contributed by atoms with van der Waals surface area (Å²) in [5, 5.41) is 3.17. The molecule has 1 aromatic rings. The van der Waals surface area contributed by atoms with Crippen LogP contribution < -0.4 is 11.1 Å². The van der Waals surface area contributed by atoms with E-state index in [2.05, 4.69) is 5.32 Å². The molecule has 1 aliphatic heterocycles. The zero-order chi connectivity index (χ0) is 9.97. The molecule has 0 saturated carbocycles. The van der Waals surface area contributed by atoms with Crippen molar-refractivity contribution in [3.05, 3.63) is 29.8 Å². The number of rotatable bonds is 2. The lowest BCUT2D eigenvalue weighted by atomic mass is 9.96. The number of nitrogens with one attached hydrogen (secondary N) is 1. The number of benzene rings is 1. The molecule has 0 spiro atoms. The third kappa shape index (κ3) is 1.87. The number of anilines is 1. The molecule has 1 aromatic carbocycles. The molecule has 2 nitrogen and oxygen atoms in total. The zero-order valence-electron chi connectivity index (χ0n) is 8.04. The van der Waals surface area contributed by atoms with E-state index in [1.807, 2.05) is 0 Å². The summed E-state index contributed by atoms with van der Waals surface area (Å²) in [7, 11) is 0. The van der Waals surface area contributed by atoms with E-state index < -0.39 is 6.17 Å². The Kier molecular flexibility index (Phi) is 2.68. The highest BCUT2D eigenvalue weighted by Crippen LogP contribution is 2.30. The van der Waals surface area contributed by atoms with Gasteiger partial charge in [-0.05, 0) is 30.7 Å². The van der Waals surface area contributed by atoms with E-state index in [4.69, 9.17) is 5.73 Å². The van der Waals surface area contributed by atoms with Crippen LogP contribution in [0.2, 0.25) is 0 Å². The maximum absolute atomic E-state index is 13.9. The van der Waals surface area contributed by atoms with Gasteiger partial charge in [0.25, 0.3) is 0 Å². The molecule has 2 rings (SSSR count). The van der Waals surface area contributed by atoms with E-state index in [9.17, 15) is 4.39 Å². The Morgan fingerprint density at radius 2 is 2.07 bits per heavy atom. The van der Waals surface area contributed by atoms with Gasteiger partial charge in [0, 0.05) is 18.2 Å². The molecular weight excluding hydrogens is 179 g/mol. The molecule has 1 heterocycles. The number of hydrogen-bond donors (Lipinski definition) is 2. The lowest BCUT2D eigenvalue weighted by molar-refractivity contribution is 0.246. The van der Waals surface area contributed by atoms with Gasteiger partial charge in [0.2, 0.25) is 0 Å². The molecule has 1 fully saturated rings. The molecular formula is C11H15FN2. The van der Waals surface area contributed by atoms with E-state index in [0.29, 0.717) is 5.69 Å². The standard InChI is InChI=1S/C11H15FN2/c12-11(9-5-6-14-7-9)8-1-3-10(13)4-2-8/h1-4,9,11,14H,5-7,13H2. The van der Waals surface area contributed by atoms with Gasteiger partial charge in [-0.25, -0.2) is 4.39 Å². The number of nitrogen functional groups attached to an aromatic ring is 1. The minimum Gasteiger partial charge on any atom is -0.399 e. The molecule has 1 aliphatic rings. The predicted octanol–water partition coefficient (Wildman–Crippen LogP) is 1.89. The molecule has 3 heteroatoms. The third-order valence-electron chi connectivity index (χ3n) is 2.77. The average molecular weight is 194 g/mol. The predicted molar refractivity (Wildman–Crippen MR) is 55.7 cm³/mol. The molecule has 0 amide bonds. The summed E-state index contributed by atoms with van der Waals surface area (Å²) in [5.74, 6) is 0.124. The fourth-order valence-electron chi connectivity index (χ4n) is 1.88. The third-order valence-corrected chi connectivity index (χ3v) is 2.77. The Balaban J connectivity index is 2.09. The lowest BCUT2D eigenvalue weighted by Gasteiger charge is -2.14. The van der Waals surface area contributed by atoms with Crippen LogP contribution in [0.4, 0.5) is 10.1 Å². The summed E-state index contributed by atoms with van der Waals surface area (Å²) in [6, 6.07) is 7.06. The topological polar surface area (TPSA) is 38.0 Å². The first-order valence-corrected chi connectivity index (χ1v) is 4.97. The monoisotopic (exact) mass is 194 g/mol. The second kappa shape index (κ2) is 3.96. The molecule has 0 aromatic heterocycles. The van der Waals surface area contributed by atoms with Gasteiger partial charge in [-0.15, -0.1) is 0 Å². The molecule has 0 bridgehead atoms. The van der Waals surface area contributed by atoms with Crippen molar-refractivity contribution in [3.8, 4) is 0 Å². The van der Waals surface area contributed by atoms with Gasteiger partial charge in [0.05, 0.1) is 0 Å². The quantitative estimate of drug-likeness (QED) is 0.705. The SMILES string of the molecule is Nc1ccc(C(F)C2CCNC2)cc1. The van der Waals surface area contributed by atoms with E-state index in [1.165, 1.54) is 0 Å². The molecule has 0 radical (unpaired) electrons. The van der Waals surface area contributed by atoms with Crippen LogP contribution in [0.5, 0.6) is 0 Å². The fraction of sp³-hybridized carbons (Fsp3) is 0.455. The number of halogens is 1. The smallest absolute Gasteiger partial charge is 0.129 e. The van der Waals surface area contributed by atoms with Crippen LogP contribution in [0.15, 0.2) is 24.3 Å². The summed E-state index contributed by atoms with van der Waals surface area (Å²) in [6.07, 6.45) is 0.0662. The molecule has 14 heavy (non-hydrogen) atoms. The molecule has 3 N–H and O–H groups in total. The van der Waals surface area contributed by atoms with E-state index in [1.54, 1.807) is 24.3 Å². The van der Waals surface area contributed by atoms with E-state index in [0.717, 1.165) is 25.1 Å². The minimum absolute atomic E-state index is 0.124. The van der Waals surface area contributed by atoms with Crippen LogP contribution in [0.25, 0.3) is 0 Å². The second-order valence-electron chi connectivity index (χ2n) is 3.82. The van der Waals surface area contributed by atoms with Gasteiger partial charge in [-0.3, -0.25) is 0 Å². The van der Waals surface area contributed by atoms with Crippen molar-refractivity contribution < 1.29 is 4.39 Å². The van der Waals surface area contributed by atoms with Gasteiger partial charge in [0.15, 0.2) is 0 Å². The van der Waals surface area contributed by atoms with Crippen LogP contribution in [-0.2, 0) is 0 Å². The maximum Gasteiger partial charge on any atom is 0.129 e. The van der Waals surface area contributed by atoms with Crippen LogP contribution >= 0.6 is 0 Å². The Bertz CT molecular complexity index is 291. The van der Waals surface area contributed by atoms with Gasteiger partial charge in [-0.1, -0.05) is 12.1 Å². The zero-order valence-corrected chi connectivity index (χ0v) is 8.04. The van der Waals surface area contributed by atoms with Gasteiger partial charge in [-0.2, -0.15) is 0 Å². The summed E-state index contributed by atoms with van der Waals surface area (Å²) in [5.41, 5.74) is 6.97. The van der Waals surface area contributed by atoms with Crippen molar-refractivity contribution in [2.75, 3.05) is 18.8 Å². The highest BCUT2D eigenvalue weighted by Gasteiger charge is 2.25. The van der Waals surface area contributed by atoms with Crippen molar-refractivity contribution in [2.24, 2.45) is 5.92 Å². The summed E-state index contributed by atoms with van der Waals surface area (Å²) in [4.78, 5) is 0. The lowest BCUT2D eigenvalue weighted by Crippen LogP contribution is -2.13. The fourth-order valence-corrected chi connectivity index (χ4v) is 1.88. The molecule has 1 saturated heterocycles. The van der Waals surface area contributed by atoms with Crippen LogP contribution in [0, 0.1) is 5.92 Å². The van der Waals surface area contributed by atoms with Crippen molar-refractivity contribution in [3.63, 3.8) is 0 Å². The van der Waals surface area contributed by atoms with Crippen molar-refractivity contribution in [1.82, 2.24) is 5.32 Å². The second-order valence-corrected chi connectivity index (χ2v) is 3.82. The molecule has 0 aliphatic carbocycles. The molecule has 2 unspecified atom stereocenters. The van der Waals surface area contributed by atoms with Crippen LogP contribution in [-0.4, -0.2) is 13.1 Å². The van der Waals surface area contributed by atoms with Gasteiger partial charge in [0.1, 0.15) is 6.17 Å². The Labute approximate surface area is 83.3 Å². The minimum atomic E-state index is -0.856. The summed E-state index contributed by atoms with van der Waals surface area (Å²) >= 11 is 0. The normalized spacial score (nSPS) is 23.6. The largest absolute Gasteiger partial charge is 0.399 e. The highest BCUT2D eigenvalue weighted by atomic mass is 19.1. The van der Waals surface area contributed by atoms with Crippen LogP contribution in [0.3, 0.4) is 0 Å². The Morgan fingerprint density at radius 3 is 2.64 bits per heavy atom. The Hall–Kier alpha value is -1.09. The summed E-state index contributed by atoms with van der Waals surface area (Å²) < 4.78 is 13.9. The first-order valence-electron chi connectivity index (χ1n) is 4.97. The number of hydrogen-bond acceptors (Lipinski definition) is 2. The first-order chi connectivity index (χ1) is 6.77. The molecule has 2 atom stereocenters. The average Bonchev–Trinajstić information content (AvgIpc) is 2.71. The van der Waals surface area contributed by atoms with Gasteiger partial charge < -0.3 is 11.1 Å². The number of nitrogens with two attached hydrogens (primary N) is 1. The maximum atomic E-state index is 13.9. The number of alkyl halides is 1.